The highest BCUT2D eigenvalue weighted by atomic mass is 16.2. The smallest absolute Gasteiger partial charge is 0.242 e. The predicted molar refractivity (Wildman–Crippen MR) is 61.2 cm³/mol. The van der Waals surface area contributed by atoms with E-state index < -0.39 is 0 Å². The van der Waals surface area contributed by atoms with Crippen LogP contribution < -0.4 is 5.01 Å². The van der Waals surface area contributed by atoms with Crippen molar-refractivity contribution in [2.24, 2.45) is 0 Å². The molecule has 1 aliphatic heterocycles. The molecule has 1 saturated heterocycles. The average molecular weight is 218 g/mol. The molecule has 0 bridgehead atoms. The molecule has 1 heterocycles. The molecule has 4 heteroatoms. The van der Waals surface area contributed by atoms with Crippen molar-refractivity contribution in [3.8, 4) is 0 Å². The molecular weight excluding hydrogens is 204 g/mol. The molecule has 0 radical (unpaired) electrons. The molecule has 0 unspecified atom stereocenters. The van der Waals surface area contributed by atoms with Crippen LogP contribution in [0, 0.1) is 0 Å². The summed E-state index contributed by atoms with van der Waals surface area (Å²) in [5.74, 6) is 0.174. The summed E-state index contributed by atoms with van der Waals surface area (Å²) >= 11 is 0. The summed E-state index contributed by atoms with van der Waals surface area (Å²) in [5.41, 5.74) is 1.63. The Kier molecular flexibility index (Phi) is 2.64. The quantitative estimate of drug-likeness (QED) is 0.706. The van der Waals surface area contributed by atoms with Gasteiger partial charge < -0.3 is 0 Å². The summed E-state index contributed by atoms with van der Waals surface area (Å²) in [6.45, 7) is 2.25. The van der Waals surface area contributed by atoms with E-state index in [1.165, 1.54) is 0 Å². The number of nitrogens with zero attached hydrogens (tertiary/aromatic N) is 2. The van der Waals surface area contributed by atoms with E-state index in [1.54, 1.807) is 31.1 Å². The molecule has 0 aliphatic carbocycles. The van der Waals surface area contributed by atoms with Crippen LogP contribution in [0.25, 0.3) is 0 Å². The van der Waals surface area contributed by atoms with E-state index in [9.17, 15) is 9.59 Å². The Hall–Kier alpha value is -1.84. The number of hydrogen-bond donors (Lipinski definition) is 0. The Morgan fingerprint density at radius 3 is 2.31 bits per heavy atom. The van der Waals surface area contributed by atoms with Crippen molar-refractivity contribution in [3.63, 3.8) is 0 Å². The van der Waals surface area contributed by atoms with Gasteiger partial charge in [0, 0.05) is 25.6 Å². The SMILES string of the molecule is CC(=O)c1ccc(N2CCC(=O)N2C)cc1. The molecule has 1 aromatic rings. The second kappa shape index (κ2) is 3.96. The Morgan fingerprint density at radius 2 is 1.88 bits per heavy atom. The molecule has 84 valence electrons. The van der Waals surface area contributed by atoms with Gasteiger partial charge in [-0.3, -0.25) is 19.6 Å². The van der Waals surface area contributed by atoms with Crippen LogP contribution in [-0.2, 0) is 4.79 Å². The van der Waals surface area contributed by atoms with Gasteiger partial charge in [0.1, 0.15) is 0 Å². The van der Waals surface area contributed by atoms with E-state index in [0.717, 1.165) is 5.69 Å². The van der Waals surface area contributed by atoms with E-state index in [-0.39, 0.29) is 11.7 Å². The molecule has 0 saturated carbocycles. The van der Waals surface area contributed by atoms with Crippen LogP contribution >= 0.6 is 0 Å². The lowest BCUT2D eigenvalue weighted by molar-refractivity contribution is -0.126. The predicted octanol–water partition coefficient (Wildman–Crippen LogP) is 1.47. The molecule has 4 nitrogen and oxygen atoms in total. The minimum absolute atomic E-state index is 0.0532. The number of hydrazine groups is 1. The number of ketones is 1. The van der Waals surface area contributed by atoms with Crippen molar-refractivity contribution in [1.82, 2.24) is 5.01 Å². The lowest BCUT2D eigenvalue weighted by Gasteiger charge is -2.26. The third kappa shape index (κ3) is 1.78. The Morgan fingerprint density at radius 1 is 1.25 bits per heavy atom. The van der Waals surface area contributed by atoms with Gasteiger partial charge in [0.2, 0.25) is 5.91 Å². The van der Waals surface area contributed by atoms with Gasteiger partial charge in [0.25, 0.3) is 0 Å². The third-order valence-electron chi connectivity index (χ3n) is 2.83. The van der Waals surface area contributed by atoms with Gasteiger partial charge in [-0.25, -0.2) is 0 Å². The molecule has 1 fully saturated rings. The van der Waals surface area contributed by atoms with Crippen molar-refractivity contribution in [1.29, 1.82) is 0 Å². The molecule has 0 aromatic heterocycles. The van der Waals surface area contributed by atoms with Crippen molar-refractivity contribution in [2.75, 3.05) is 18.6 Å². The van der Waals surface area contributed by atoms with E-state index in [0.29, 0.717) is 18.5 Å². The monoisotopic (exact) mass is 218 g/mol. The highest BCUT2D eigenvalue weighted by Crippen LogP contribution is 2.21. The molecule has 0 N–H and O–H groups in total. The number of amides is 1. The Labute approximate surface area is 94.4 Å². The van der Waals surface area contributed by atoms with Gasteiger partial charge >= 0.3 is 0 Å². The highest BCUT2D eigenvalue weighted by molar-refractivity contribution is 5.94. The van der Waals surface area contributed by atoms with Crippen LogP contribution in [0.1, 0.15) is 23.7 Å². The average Bonchev–Trinajstić information content (AvgIpc) is 2.60. The molecule has 2 rings (SSSR count). The Bertz CT molecular complexity index is 425. The van der Waals surface area contributed by atoms with E-state index in [2.05, 4.69) is 0 Å². The zero-order valence-electron chi connectivity index (χ0n) is 9.43. The van der Waals surface area contributed by atoms with Crippen LogP contribution in [0.5, 0.6) is 0 Å². The number of hydrogen-bond acceptors (Lipinski definition) is 3. The summed E-state index contributed by atoms with van der Waals surface area (Å²) in [7, 11) is 1.76. The number of rotatable bonds is 2. The van der Waals surface area contributed by atoms with Crippen LogP contribution in [-0.4, -0.2) is 30.3 Å². The van der Waals surface area contributed by atoms with Crippen LogP contribution in [0.4, 0.5) is 5.69 Å². The fourth-order valence-electron chi connectivity index (χ4n) is 1.82. The molecular formula is C12H14N2O2. The maximum absolute atomic E-state index is 11.4. The minimum atomic E-state index is 0.0532. The topological polar surface area (TPSA) is 40.6 Å². The summed E-state index contributed by atoms with van der Waals surface area (Å²) in [6.07, 6.45) is 0.547. The standard InChI is InChI=1S/C12H14N2O2/c1-9(15)10-3-5-11(6-4-10)14-8-7-12(16)13(14)2/h3-6H,7-8H2,1-2H3. The second-order valence-corrected chi connectivity index (χ2v) is 3.89. The number of Topliss-reactive ketones (excluding diaryl/α,β-unsaturated/α-hetero) is 1. The van der Waals surface area contributed by atoms with E-state index >= 15 is 0 Å². The lowest BCUT2D eigenvalue weighted by Crippen LogP contribution is -2.35. The van der Waals surface area contributed by atoms with E-state index in [1.807, 2.05) is 17.1 Å². The maximum atomic E-state index is 11.4. The zero-order chi connectivity index (χ0) is 11.7. The molecule has 1 aromatic carbocycles. The van der Waals surface area contributed by atoms with Crippen molar-refractivity contribution < 1.29 is 9.59 Å². The second-order valence-electron chi connectivity index (χ2n) is 3.89. The first-order valence-electron chi connectivity index (χ1n) is 5.24. The summed E-state index contributed by atoms with van der Waals surface area (Å²) in [5, 5.41) is 3.52. The summed E-state index contributed by atoms with van der Waals surface area (Å²) in [4.78, 5) is 22.5. The van der Waals surface area contributed by atoms with E-state index in [4.69, 9.17) is 0 Å². The molecule has 0 spiro atoms. The number of carbonyl (C=O) groups excluding carboxylic acids is 2. The fourth-order valence-corrected chi connectivity index (χ4v) is 1.82. The number of anilines is 1. The van der Waals surface area contributed by atoms with Gasteiger partial charge in [-0.15, -0.1) is 0 Å². The lowest BCUT2D eigenvalue weighted by atomic mass is 10.1. The first-order valence-corrected chi connectivity index (χ1v) is 5.24. The zero-order valence-corrected chi connectivity index (χ0v) is 9.43. The summed E-state index contributed by atoms with van der Waals surface area (Å²) in [6, 6.07) is 7.31. The minimum Gasteiger partial charge on any atom is -0.295 e. The Balaban J connectivity index is 2.22. The van der Waals surface area contributed by atoms with Gasteiger partial charge in [0.05, 0.1) is 5.69 Å². The first-order chi connectivity index (χ1) is 7.59. The van der Waals surface area contributed by atoms with Gasteiger partial charge in [-0.2, -0.15) is 0 Å². The first kappa shape index (κ1) is 10.7. The fraction of sp³-hybridized carbons (Fsp3) is 0.333. The van der Waals surface area contributed by atoms with Crippen molar-refractivity contribution >= 4 is 17.4 Å². The molecule has 0 atom stereocenters. The van der Waals surface area contributed by atoms with Crippen LogP contribution in [0.15, 0.2) is 24.3 Å². The molecule has 1 aliphatic rings. The summed E-state index contributed by atoms with van der Waals surface area (Å²) < 4.78 is 0. The van der Waals surface area contributed by atoms with Gasteiger partial charge in [-0.05, 0) is 31.2 Å². The maximum Gasteiger partial charge on any atom is 0.242 e. The van der Waals surface area contributed by atoms with Crippen molar-refractivity contribution in [3.05, 3.63) is 29.8 Å². The van der Waals surface area contributed by atoms with Gasteiger partial charge in [-0.1, -0.05) is 0 Å². The number of carbonyl (C=O) groups is 2. The highest BCUT2D eigenvalue weighted by Gasteiger charge is 2.25. The van der Waals surface area contributed by atoms with Gasteiger partial charge in [0.15, 0.2) is 5.78 Å². The van der Waals surface area contributed by atoms with Crippen LogP contribution in [0.2, 0.25) is 0 Å². The number of benzene rings is 1. The molecule has 1 amide bonds. The van der Waals surface area contributed by atoms with Crippen molar-refractivity contribution in [2.45, 2.75) is 13.3 Å². The largest absolute Gasteiger partial charge is 0.295 e. The third-order valence-corrected chi connectivity index (χ3v) is 2.83. The van der Waals surface area contributed by atoms with Crippen LogP contribution in [0.3, 0.4) is 0 Å². The molecule has 16 heavy (non-hydrogen) atoms. The normalized spacial score (nSPS) is 15.8.